The zero-order valence-electron chi connectivity index (χ0n) is 15.5. The molecule has 2 heteroatoms. The van der Waals surface area contributed by atoms with Gasteiger partial charge in [-0.3, -0.25) is 4.79 Å². The Labute approximate surface area is 144 Å². The van der Waals surface area contributed by atoms with Gasteiger partial charge in [-0.1, -0.05) is 76.9 Å². The monoisotopic (exact) mass is 322 g/mol. The van der Waals surface area contributed by atoms with Crippen LogP contribution in [0.25, 0.3) is 0 Å². The fraction of sp³-hybridized carbons (Fsp3) is 0.857. The Hall–Kier alpha value is -0.790. The molecule has 1 rings (SSSR count). The van der Waals surface area contributed by atoms with Gasteiger partial charge in [0.05, 0.1) is 7.11 Å². The number of carbonyl (C=O) groups is 1. The van der Waals surface area contributed by atoms with Crippen LogP contribution in [0.15, 0.2) is 12.2 Å². The highest BCUT2D eigenvalue weighted by Gasteiger charge is 2.25. The van der Waals surface area contributed by atoms with Crippen molar-refractivity contribution in [1.82, 2.24) is 0 Å². The van der Waals surface area contributed by atoms with Gasteiger partial charge < -0.3 is 4.74 Å². The minimum absolute atomic E-state index is 0.0896. The van der Waals surface area contributed by atoms with E-state index in [4.69, 9.17) is 0 Å². The van der Waals surface area contributed by atoms with Crippen LogP contribution in [0.4, 0.5) is 0 Å². The molecule has 2 atom stereocenters. The van der Waals surface area contributed by atoms with Gasteiger partial charge in [-0.15, -0.1) is 0 Å². The number of ether oxygens (including phenoxy) is 1. The van der Waals surface area contributed by atoms with Crippen LogP contribution in [0.1, 0.15) is 96.8 Å². The lowest BCUT2D eigenvalue weighted by Gasteiger charge is -2.18. The molecular formula is C21H38O2. The van der Waals surface area contributed by atoms with E-state index in [0.29, 0.717) is 6.42 Å². The first-order valence-corrected chi connectivity index (χ1v) is 9.99. The highest BCUT2D eigenvalue weighted by Crippen LogP contribution is 2.37. The van der Waals surface area contributed by atoms with Gasteiger partial charge in [0.25, 0.3) is 0 Å². The molecule has 1 aliphatic carbocycles. The second-order valence-electron chi connectivity index (χ2n) is 7.18. The topological polar surface area (TPSA) is 26.3 Å². The quantitative estimate of drug-likeness (QED) is 0.221. The van der Waals surface area contributed by atoms with Crippen molar-refractivity contribution < 1.29 is 9.53 Å². The van der Waals surface area contributed by atoms with Crippen LogP contribution < -0.4 is 0 Å². The molecular weight excluding hydrogens is 284 g/mol. The fourth-order valence-corrected chi connectivity index (χ4v) is 3.85. The average Bonchev–Trinajstić information content (AvgIpc) is 3.01. The van der Waals surface area contributed by atoms with E-state index in [1.807, 2.05) is 0 Å². The zero-order chi connectivity index (χ0) is 16.8. The minimum atomic E-state index is -0.0896. The SMILES string of the molecule is CCCCCCCC[C@H]1CCC[C@@H]1CC=CCCCC(=O)OC. The van der Waals surface area contributed by atoms with E-state index in [9.17, 15) is 4.79 Å². The Morgan fingerprint density at radius 1 is 1.00 bits per heavy atom. The number of hydrogen-bond donors (Lipinski definition) is 0. The molecule has 23 heavy (non-hydrogen) atoms. The molecule has 0 unspecified atom stereocenters. The summed E-state index contributed by atoms with van der Waals surface area (Å²) in [4.78, 5) is 11.0. The van der Waals surface area contributed by atoms with Crippen molar-refractivity contribution in [3.63, 3.8) is 0 Å². The molecule has 0 saturated heterocycles. The Morgan fingerprint density at radius 2 is 1.74 bits per heavy atom. The van der Waals surface area contributed by atoms with E-state index in [1.54, 1.807) is 0 Å². The molecule has 0 aliphatic heterocycles. The smallest absolute Gasteiger partial charge is 0.305 e. The predicted molar refractivity (Wildman–Crippen MR) is 98.4 cm³/mol. The predicted octanol–water partition coefficient (Wildman–Crippen LogP) is 6.44. The summed E-state index contributed by atoms with van der Waals surface area (Å²) in [5.74, 6) is 1.80. The second kappa shape index (κ2) is 13.6. The first-order valence-electron chi connectivity index (χ1n) is 9.99. The van der Waals surface area contributed by atoms with Crippen LogP contribution in [-0.4, -0.2) is 13.1 Å². The number of esters is 1. The van der Waals surface area contributed by atoms with Crippen molar-refractivity contribution in [2.75, 3.05) is 7.11 Å². The molecule has 0 aromatic rings. The lowest BCUT2D eigenvalue weighted by atomic mass is 9.88. The molecule has 0 aromatic heterocycles. The fourth-order valence-electron chi connectivity index (χ4n) is 3.85. The molecule has 1 saturated carbocycles. The van der Waals surface area contributed by atoms with E-state index in [2.05, 4.69) is 23.8 Å². The van der Waals surface area contributed by atoms with Gasteiger partial charge in [0.1, 0.15) is 0 Å². The summed E-state index contributed by atoms with van der Waals surface area (Å²) >= 11 is 0. The molecule has 134 valence electrons. The summed E-state index contributed by atoms with van der Waals surface area (Å²) in [6.45, 7) is 2.28. The van der Waals surface area contributed by atoms with Gasteiger partial charge in [-0.2, -0.15) is 0 Å². The van der Waals surface area contributed by atoms with Crippen molar-refractivity contribution in [2.24, 2.45) is 11.8 Å². The van der Waals surface area contributed by atoms with Crippen molar-refractivity contribution in [3.8, 4) is 0 Å². The summed E-state index contributed by atoms with van der Waals surface area (Å²) in [6, 6.07) is 0. The zero-order valence-corrected chi connectivity index (χ0v) is 15.5. The minimum Gasteiger partial charge on any atom is -0.469 e. The summed E-state index contributed by atoms with van der Waals surface area (Å²) < 4.78 is 4.66. The van der Waals surface area contributed by atoms with Crippen LogP contribution in [-0.2, 0) is 9.53 Å². The third kappa shape index (κ3) is 9.84. The summed E-state index contributed by atoms with van der Waals surface area (Å²) in [6.07, 6.45) is 22.6. The van der Waals surface area contributed by atoms with Gasteiger partial charge in [0.2, 0.25) is 0 Å². The maximum absolute atomic E-state index is 11.0. The molecule has 1 fully saturated rings. The Balaban J connectivity index is 2.07. The highest BCUT2D eigenvalue weighted by atomic mass is 16.5. The van der Waals surface area contributed by atoms with Gasteiger partial charge in [0, 0.05) is 6.42 Å². The maximum atomic E-state index is 11.0. The Bertz CT molecular complexity index is 322. The number of methoxy groups -OCH3 is 1. The molecule has 0 bridgehead atoms. The van der Waals surface area contributed by atoms with E-state index >= 15 is 0 Å². The van der Waals surface area contributed by atoms with Gasteiger partial charge in [-0.25, -0.2) is 0 Å². The van der Waals surface area contributed by atoms with Gasteiger partial charge in [0.15, 0.2) is 0 Å². The number of carbonyl (C=O) groups excluding carboxylic acids is 1. The van der Waals surface area contributed by atoms with Gasteiger partial charge in [-0.05, 0) is 37.5 Å². The number of rotatable bonds is 13. The number of hydrogen-bond acceptors (Lipinski definition) is 2. The third-order valence-electron chi connectivity index (χ3n) is 5.33. The first kappa shape index (κ1) is 20.3. The van der Waals surface area contributed by atoms with E-state index < -0.39 is 0 Å². The normalized spacial score (nSPS) is 21.1. The van der Waals surface area contributed by atoms with Crippen molar-refractivity contribution in [1.29, 1.82) is 0 Å². The van der Waals surface area contributed by atoms with E-state index in [-0.39, 0.29) is 5.97 Å². The van der Waals surface area contributed by atoms with Crippen LogP contribution in [0, 0.1) is 11.8 Å². The number of unbranched alkanes of at least 4 members (excludes halogenated alkanes) is 6. The van der Waals surface area contributed by atoms with Crippen molar-refractivity contribution >= 4 is 5.97 Å². The molecule has 0 heterocycles. The van der Waals surface area contributed by atoms with Crippen LogP contribution in [0.2, 0.25) is 0 Å². The lowest BCUT2D eigenvalue weighted by Crippen LogP contribution is -2.07. The molecule has 2 nitrogen and oxygen atoms in total. The van der Waals surface area contributed by atoms with Gasteiger partial charge >= 0.3 is 5.97 Å². The molecule has 1 aliphatic rings. The van der Waals surface area contributed by atoms with E-state index in [1.165, 1.54) is 77.7 Å². The first-order chi connectivity index (χ1) is 11.3. The standard InChI is InChI=1S/C21H38O2/c1-3-4-5-6-7-10-14-19-16-13-17-20(19)15-11-8-9-12-18-21(22)23-2/h8,11,19-20H,3-7,9-10,12-18H2,1-2H3/t19-,20-/m0/s1. The summed E-state index contributed by atoms with van der Waals surface area (Å²) in [7, 11) is 1.46. The Kier molecular flexibility index (Phi) is 12.0. The molecule has 0 spiro atoms. The largest absolute Gasteiger partial charge is 0.469 e. The molecule has 0 N–H and O–H groups in total. The summed E-state index contributed by atoms with van der Waals surface area (Å²) in [5, 5.41) is 0. The third-order valence-corrected chi connectivity index (χ3v) is 5.33. The highest BCUT2D eigenvalue weighted by molar-refractivity contribution is 5.68. The maximum Gasteiger partial charge on any atom is 0.305 e. The lowest BCUT2D eigenvalue weighted by molar-refractivity contribution is -0.140. The second-order valence-corrected chi connectivity index (χ2v) is 7.18. The van der Waals surface area contributed by atoms with Crippen LogP contribution in [0.3, 0.4) is 0 Å². The average molecular weight is 323 g/mol. The number of allylic oxidation sites excluding steroid dienone is 2. The van der Waals surface area contributed by atoms with Crippen molar-refractivity contribution in [3.05, 3.63) is 12.2 Å². The molecule has 0 aromatic carbocycles. The van der Waals surface area contributed by atoms with Crippen LogP contribution in [0.5, 0.6) is 0 Å². The Morgan fingerprint density at radius 3 is 2.52 bits per heavy atom. The van der Waals surface area contributed by atoms with Crippen molar-refractivity contribution in [2.45, 2.75) is 96.8 Å². The molecule has 0 radical (unpaired) electrons. The van der Waals surface area contributed by atoms with E-state index in [0.717, 1.165) is 24.7 Å². The molecule has 0 amide bonds. The van der Waals surface area contributed by atoms with Crippen LogP contribution >= 0.6 is 0 Å². The summed E-state index contributed by atoms with van der Waals surface area (Å²) in [5.41, 5.74) is 0.